The van der Waals surface area contributed by atoms with Crippen LogP contribution in [-0.4, -0.2) is 37.3 Å². The van der Waals surface area contributed by atoms with Crippen LogP contribution in [0.1, 0.15) is 5.56 Å². The van der Waals surface area contributed by atoms with E-state index >= 15 is 0 Å². The first-order chi connectivity index (χ1) is 16.9. The molecule has 35 heavy (non-hydrogen) atoms. The number of halogens is 1. The molecule has 0 aliphatic rings. The number of rotatable bonds is 6. The molecule has 5 aromatic rings. The van der Waals surface area contributed by atoms with Gasteiger partial charge in [-0.1, -0.05) is 40.5 Å². The van der Waals surface area contributed by atoms with Crippen LogP contribution in [0, 0.1) is 6.92 Å². The Morgan fingerprint density at radius 3 is 2.80 bits per heavy atom. The van der Waals surface area contributed by atoms with E-state index in [0.717, 1.165) is 15.8 Å². The first-order valence-electron chi connectivity index (χ1n) is 10.6. The lowest BCUT2D eigenvalue weighted by Gasteiger charge is -2.07. The van der Waals surface area contributed by atoms with Crippen molar-refractivity contribution in [2.24, 2.45) is 0 Å². The fraction of sp³-hybridized carbons (Fsp3) is 0.125. The van der Waals surface area contributed by atoms with E-state index in [9.17, 15) is 9.59 Å². The lowest BCUT2D eigenvalue weighted by Crippen LogP contribution is -2.28. The van der Waals surface area contributed by atoms with Gasteiger partial charge in [0.15, 0.2) is 5.65 Å². The van der Waals surface area contributed by atoms with Crippen molar-refractivity contribution in [1.82, 2.24) is 24.3 Å². The van der Waals surface area contributed by atoms with Crippen molar-refractivity contribution in [3.05, 3.63) is 81.9 Å². The molecule has 10 nitrogen and oxygen atoms in total. The molecular formula is C24H19ClN6O4. The number of aromatic nitrogens is 5. The minimum atomic E-state index is -0.483. The van der Waals surface area contributed by atoms with E-state index in [1.54, 1.807) is 36.5 Å². The van der Waals surface area contributed by atoms with Gasteiger partial charge in [-0.15, -0.1) is 5.10 Å². The summed E-state index contributed by atoms with van der Waals surface area (Å²) in [4.78, 5) is 29.9. The number of benzene rings is 2. The van der Waals surface area contributed by atoms with Gasteiger partial charge >= 0.3 is 5.69 Å². The molecule has 176 valence electrons. The zero-order valence-electron chi connectivity index (χ0n) is 18.7. The van der Waals surface area contributed by atoms with Crippen molar-refractivity contribution in [1.29, 1.82) is 0 Å². The van der Waals surface area contributed by atoms with Crippen molar-refractivity contribution in [2.45, 2.75) is 13.5 Å². The van der Waals surface area contributed by atoms with Crippen molar-refractivity contribution in [3.63, 3.8) is 0 Å². The number of pyridine rings is 1. The van der Waals surface area contributed by atoms with E-state index in [2.05, 4.69) is 20.6 Å². The van der Waals surface area contributed by atoms with E-state index < -0.39 is 11.6 Å². The Labute approximate surface area is 203 Å². The van der Waals surface area contributed by atoms with Gasteiger partial charge in [-0.3, -0.25) is 4.79 Å². The molecule has 0 saturated carbocycles. The molecule has 0 fully saturated rings. The standard InChI is InChI=1S/C24H19ClN6O4/c1-14-5-3-6-15(11-14)21-27-23(35-29-21)17-7-4-10-30-22(17)28-31(24(30)33)13-20(32)26-16-8-9-19(34-2)18(25)12-16/h3-12H,13H2,1-2H3,(H,26,32). The molecule has 3 aromatic heterocycles. The molecule has 1 N–H and O–H groups in total. The SMILES string of the molecule is COc1ccc(NC(=O)Cn2nc3c(-c4nc(-c5cccc(C)c5)no4)cccn3c2=O)cc1Cl. The average Bonchev–Trinajstić information content (AvgIpc) is 3.45. The summed E-state index contributed by atoms with van der Waals surface area (Å²) in [6.07, 6.45) is 1.56. The van der Waals surface area contributed by atoms with Crippen LogP contribution in [-0.2, 0) is 11.3 Å². The van der Waals surface area contributed by atoms with Gasteiger partial charge in [0, 0.05) is 17.4 Å². The number of methoxy groups -OCH3 is 1. The number of hydrogen-bond donors (Lipinski definition) is 1. The number of carbonyl (C=O) groups excluding carboxylic acids is 1. The predicted octanol–water partition coefficient (Wildman–Crippen LogP) is 3.82. The maximum absolute atomic E-state index is 12.9. The van der Waals surface area contributed by atoms with Crippen LogP contribution >= 0.6 is 11.6 Å². The van der Waals surface area contributed by atoms with Gasteiger partial charge in [0.25, 0.3) is 5.89 Å². The van der Waals surface area contributed by atoms with Gasteiger partial charge < -0.3 is 14.6 Å². The number of aryl methyl sites for hydroxylation is 1. The zero-order chi connectivity index (χ0) is 24.5. The van der Waals surface area contributed by atoms with Gasteiger partial charge in [-0.2, -0.15) is 4.98 Å². The summed E-state index contributed by atoms with van der Waals surface area (Å²) in [5.41, 5.74) is 2.62. The summed E-state index contributed by atoms with van der Waals surface area (Å²) >= 11 is 6.11. The molecule has 1 amide bonds. The van der Waals surface area contributed by atoms with Gasteiger partial charge in [0.05, 0.1) is 17.7 Å². The van der Waals surface area contributed by atoms with E-state index in [-0.39, 0.29) is 18.1 Å². The van der Waals surface area contributed by atoms with Gasteiger partial charge in [-0.05, 0) is 43.3 Å². The van der Waals surface area contributed by atoms with E-state index in [0.29, 0.717) is 27.8 Å². The Hall–Kier alpha value is -4.44. The number of fused-ring (bicyclic) bond motifs is 1. The molecule has 0 radical (unpaired) electrons. The van der Waals surface area contributed by atoms with Crippen LogP contribution in [0.25, 0.3) is 28.5 Å². The Morgan fingerprint density at radius 2 is 2.03 bits per heavy atom. The molecule has 0 unspecified atom stereocenters. The second-order valence-electron chi connectivity index (χ2n) is 7.75. The van der Waals surface area contributed by atoms with E-state index in [1.807, 2.05) is 31.2 Å². The number of anilines is 1. The van der Waals surface area contributed by atoms with Gasteiger partial charge in [-0.25, -0.2) is 13.9 Å². The summed E-state index contributed by atoms with van der Waals surface area (Å²) in [7, 11) is 1.50. The summed E-state index contributed by atoms with van der Waals surface area (Å²) in [5.74, 6) is 0.671. The smallest absolute Gasteiger partial charge is 0.350 e. The highest BCUT2D eigenvalue weighted by molar-refractivity contribution is 6.32. The van der Waals surface area contributed by atoms with Crippen LogP contribution in [0.4, 0.5) is 5.69 Å². The first kappa shape index (κ1) is 22.4. The van der Waals surface area contributed by atoms with Crippen molar-refractivity contribution in [3.8, 4) is 28.6 Å². The number of nitrogens with one attached hydrogen (secondary N) is 1. The topological polar surface area (TPSA) is 117 Å². The molecule has 0 atom stereocenters. The Morgan fingerprint density at radius 1 is 1.17 bits per heavy atom. The van der Waals surface area contributed by atoms with Gasteiger partial charge in [0.2, 0.25) is 11.7 Å². The van der Waals surface area contributed by atoms with E-state index in [1.165, 1.54) is 11.5 Å². The predicted molar refractivity (Wildman–Crippen MR) is 130 cm³/mol. The molecule has 0 saturated heterocycles. The van der Waals surface area contributed by atoms with E-state index in [4.69, 9.17) is 20.9 Å². The summed E-state index contributed by atoms with van der Waals surface area (Å²) in [5, 5.41) is 11.5. The Kier molecular flexibility index (Phi) is 5.79. The van der Waals surface area contributed by atoms with Crippen LogP contribution in [0.3, 0.4) is 0 Å². The van der Waals surface area contributed by atoms with Gasteiger partial charge in [0.1, 0.15) is 12.3 Å². The molecule has 0 aliphatic heterocycles. The number of carbonyl (C=O) groups is 1. The van der Waals surface area contributed by atoms with Crippen LogP contribution in [0.15, 0.2) is 70.1 Å². The summed E-state index contributed by atoms with van der Waals surface area (Å²) in [6.45, 7) is 1.67. The highest BCUT2D eigenvalue weighted by Crippen LogP contribution is 2.27. The monoisotopic (exact) mass is 490 g/mol. The minimum absolute atomic E-state index is 0.210. The Bertz CT molecular complexity index is 1620. The summed E-state index contributed by atoms with van der Waals surface area (Å²) in [6, 6.07) is 16.0. The number of amides is 1. The highest BCUT2D eigenvalue weighted by Gasteiger charge is 2.19. The summed E-state index contributed by atoms with van der Waals surface area (Å²) < 4.78 is 13.0. The normalized spacial score (nSPS) is 11.1. The third-order valence-corrected chi connectivity index (χ3v) is 5.57. The molecule has 2 aromatic carbocycles. The number of nitrogens with zero attached hydrogens (tertiary/aromatic N) is 5. The number of hydrogen-bond acceptors (Lipinski definition) is 7. The third kappa shape index (κ3) is 4.38. The fourth-order valence-electron chi connectivity index (χ4n) is 3.62. The maximum Gasteiger partial charge on any atom is 0.350 e. The van der Waals surface area contributed by atoms with Crippen molar-refractivity contribution in [2.75, 3.05) is 12.4 Å². The first-order valence-corrected chi connectivity index (χ1v) is 10.9. The van der Waals surface area contributed by atoms with Crippen molar-refractivity contribution < 1.29 is 14.1 Å². The second-order valence-corrected chi connectivity index (χ2v) is 8.15. The maximum atomic E-state index is 12.9. The molecule has 5 rings (SSSR count). The van der Waals surface area contributed by atoms with Crippen LogP contribution < -0.4 is 15.7 Å². The molecule has 0 bridgehead atoms. The quantitative estimate of drug-likeness (QED) is 0.384. The van der Waals surface area contributed by atoms with Crippen LogP contribution in [0.2, 0.25) is 5.02 Å². The van der Waals surface area contributed by atoms with Crippen LogP contribution in [0.5, 0.6) is 5.75 Å². The lowest BCUT2D eigenvalue weighted by molar-refractivity contribution is -0.117. The molecule has 3 heterocycles. The molecule has 0 aliphatic carbocycles. The molecular weight excluding hydrogens is 472 g/mol. The fourth-order valence-corrected chi connectivity index (χ4v) is 3.88. The second kappa shape index (κ2) is 9.07. The minimum Gasteiger partial charge on any atom is -0.495 e. The zero-order valence-corrected chi connectivity index (χ0v) is 19.5. The Balaban J connectivity index is 1.42. The third-order valence-electron chi connectivity index (χ3n) is 5.27. The highest BCUT2D eigenvalue weighted by atomic mass is 35.5. The number of ether oxygens (including phenoxy) is 1. The largest absolute Gasteiger partial charge is 0.495 e. The van der Waals surface area contributed by atoms with Crippen molar-refractivity contribution >= 4 is 28.8 Å². The molecule has 11 heteroatoms. The molecule has 0 spiro atoms. The lowest BCUT2D eigenvalue weighted by atomic mass is 10.1. The average molecular weight is 491 g/mol.